The predicted octanol–water partition coefficient (Wildman–Crippen LogP) is 2.71. The highest BCUT2D eigenvalue weighted by molar-refractivity contribution is 9.10. The molecule has 146 valence electrons. The number of carbonyl (C=O) groups excluding carboxylic acids is 2. The molecule has 0 N–H and O–H groups in total. The van der Waals surface area contributed by atoms with Crippen LogP contribution in [0.5, 0.6) is 0 Å². The maximum Gasteiger partial charge on any atom is 0.236 e. The van der Waals surface area contributed by atoms with E-state index in [4.69, 9.17) is 0 Å². The highest BCUT2D eigenvalue weighted by Crippen LogP contribution is 2.48. The Labute approximate surface area is 169 Å². The topological polar surface area (TPSA) is 43.9 Å². The number of likely N-dealkylation sites (tertiary alicyclic amines) is 1. The Bertz CT molecular complexity index is 696. The van der Waals surface area contributed by atoms with E-state index in [1.165, 1.54) is 12.0 Å². The van der Waals surface area contributed by atoms with E-state index < -0.39 is 0 Å². The van der Waals surface area contributed by atoms with Gasteiger partial charge in [-0.15, -0.1) is 0 Å². The lowest BCUT2D eigenvalue weighted by molar-refractivity contribution is -0.136. The maximum absolute atomic E-state index is 12.8. The van der Waals surface area contributed by atoms with E-state index in [1.807, 2.05) is 21.9 Å². The van der Waals surface area contributed by atoms with Gasteiger partial charge in [-0.1, -0.05) is 28.1 Å². The van der Waals surface area contributed by atoms with Gasteiger partial charge in [-0.05, 0) is 49.3 Å². The Morgan fingerprint density at radius 1 is 0.963 bits per heavy atom. The first-order valence-electron chi connectivity index (χ1n) is 10.2. The Morgan fingerprint density at radius 3 is 2.41 bits per heavy atom. The molecule has 2 amide bonds. The predicted molar refractivity (Wildman–Crippen MR) is 108 cm³/mol. The zero-order valence-electron chi connectivity index (χ0n) is 15.8. The van der Waals surface area contributed by atoms with Gasteiger partial charge >= 0.3 is 0 Å². The fourth-order valence-corrected chi connectivity index (χ4v) is 4.79. The van der Waals surface area contributed by atoms with Crippen LogP contribution in [0.15, 0.2) is 28.7 Å². The number of hydrogen-bond acceptors (Lipinski definition) is 3. The standard InChI is InChI=1S/C21H28BrN3O2/c22-17-6-4-5-16(13-17)18-14-19(18)21(27)25-11-9-23(10-12-25)15-20(26)24-7-2-1-3-8-24/h4-6,13,18-19H,1-3,7-12,14-15H2. The van der Waals surface area contributed by atoms with Crippen LogP contribution in [0.25, 0.3) is 0 Å². The van der Waals surface area contributed by atoms with Crippen molar-refractivity contribution in [3.8, 4) is 0 Å². The number of carbonyl (C=O) groups is 2. The van der Waals surface area contributed by atoms with Crippen molar-refractivity contribution in [2.24, 2.45) is 5.92 Å². The molecule has 27 heavy (non-hydrogen) atoms. The number of benzene rings is 1. The number of piperazine rings is 1. The molecular weight excluding hydrogens is 406 g/mol. The third-order valence-electron chi connectivity index (χ3n) is 6.14. The summed E-state index contributed by atoms with van der Waals surface area (Å²) in [4.78, 5) is 31.5. The average molecular weight is 434 g/mol. The lowest BCUT2D eigenvalue weighted by Crippen LogP contribution is -2.52. The molecule has 1 saturated carbocycles. The summed E-state index contributed by atoms with van der Waals surface area (Å²) < 4.78 is 1.07. The normalized spacial score (nSPS) is 26.1. The van der Waals surface area contributed by atoms with Crippen molar-refractivity contribution in [1.82, 2.24) is 14.7 Å². The van der Waals surface area contributed by atoms with E-state index in [9.17, 15) is 9.59 Å². The van der Waals surface area contributed by atoms with Gasteiger partial charge in [0.05, 0.1) is 6.54 Å². The fourth-order valence-electron chi connectivity index (χ4n) is 4.37. The zero-order valence-corrected chi connectivity index (χ0v) is 17.4. The number of hydrogen-bond donors (Lipinski definition) is 0. The second kappa shape index (κ2) is 8.31. The molecule has 0 bridgehead atoms. The van der Waals surface area contributed by atoms with Crippen LogP contribution in [0.2, 0.25) is 0 Å². The summed E-state index contributed by atoms with van der Waals surface area (Å²) in [7, 11) is 0. The van der Waals surface area contributed by atoms with E-state index in [1.54, 1.807) is 0 Å². The van der Waals surface area contributed by atoms with Crippen LogP contribution >= 0.6 is 15.9 Å². The Morgan fingerprint density at radius 2 is 1.70 bits per heavy atom. The molecular formula is C21H28BrN3O2. The van der Waals surface area contributed by atoms with Crippen molar-refractivity contribution < 1.29 is 9.59 Å². The van der Waals surface area contributed by atoms with Gasteiger partial charge < -0.3 is 9.80 Å². The summed E-state index contributed by atoms with van der Waals surface area (Å²) in [5.41, 5.74) is 1.26. The molecule has 2 saturated heterocycles. The molecule has 2 aliphatic heterocycles. The second-order valence-corrected chi connectivity index (χ2v) is 8.96. The minimum Gasteiger partial charge on any atom is -0.342 e. The van der Waals surface area contributed by atoms with Crippen molar-refractivity contribution in [1.29, 1.82) is 0 Å². The molecule has 6 heteroatoms. The Balaban J connectivity index is 1.23. The van der Waals surface area contributed by atoms with Crippen molar-refractivity contribution in [3.63, 3.8) is 0 Å². The number of piperidine rings is 1. The molecule has 4 rings (SSSR count). The minimum atomic E-state index is 0.140. The van der Waals surface area contributed by atoms with E-state index in [0.717, 1.165) is 63.0 Å². The quantitative estimate of drug-likeness (QED) is 0.732. The van der Waals surface area contributed by atoms with Crippen LogP contribution < -0.4 is 0 Å². The highest BCUT2D eigenvalue weighted by atomic mass is 79.9. The van der Waals surface area contributed by atoms with Gasteiger partial charge in [0.15, 0.2) is 0 Å². The highest BCUT2D eigenvalue weighted by Gasteiger charge is 2.46. The van der Waals surface area contributed by atoms with Crippen LogP contribution in [0.3, 0.4) is 0 Å². The van der Waals surface area contributed by atoms with Gasteiger partial charge in [0, 0.05) is 49.7 Å². The lowest BCUT2D eigenvalue weighted by Gasteiger charge is -2.36. The molecule has 2 atom stereocenters. The first-order chi connectivity index (χ1) is 13.1. The third-order valence-corrected chi connectivity index (χ3v) is 6.63. The third kappa shape index (κ3) is 4.54. The van der Waals surface area contributed by atoms with Gasteiger partial charge in [0.25, 0.3) is 0 Å². The number of rotatable bonds is 4. The van der Waals surface area contributed by atoms with Gasteiger partial charge in [-0.3, -0.25) is 14.5 Å². The maximum atomic E-state index is 12.8. The molecule has 0 spiro atoms. The molecule has 0 radical (unpaired) electrons. The van der Waals surface area contributed by atoms with Crippen molar-refractivity contribution >= 4 is 27.7 Å². The largest absolute Gasteiger partial charge is 0.342 e. The summed E-state index contributed by atoms with van der Waals surface area (Å²) in [5, 5.41) is 0. The van der Waals surface area contributed by atoms with Crippen molar-refractivity contribution in [2.75, 3.05) is 45.8 Å². The van der Waals surface area contributed by atoms with Gasteiger partial charge in [0.1, 0.15) is 0 Å². The summed E-state index contributed by atoms with van der Waals surface area (Å²) in [6.07, 6.45) is 4.47. The Hall–Kier alpha value is -1.40. The molecule has 1 aromatic rings. The van der Waals surface area contributed by atoms with E-state index >= 15 is 0 Å². The summed E-state index contributed by atoms with van der Waals surface area (Å²) in [6.45, 7) is 5.43. The summed E-state index contributed by atoms with van der Waals surface area (Å²) >= 11 is 3.51. The molecule has 3 fully saturated rings. The zero-order chi connectivity index (χ0) is 18.8. The first-order valence-corrected chi connectivity index (χ1v) is 11.0. The van der Waals surface area contributed by atoms with Gasteiger partial charge in [-0.25, -0.2) is 0 Å². The van der Waals surface area contributed by atoms with E-state index in [-0.39, 0.29) is 11.8 Å². The van der Waals surface area contributed by atoms with Crippen LogP contribution in [0, 0.1) is 5.92 Å². The molecule has 5 nitrogen and oxygen atoms in total. The molecule has 1 aromatic carbocycles. The molecule has 0 aromatic heterocycles. The first kappa shape index (κ1) is 18.9. The summed E-state index contributed by atoms with van der Waals surface area (Å²) in [6, 6.07) is 8.31. The van der Waals surface area contributed by atoms with E-state index in [2.05, 4.69) is 33.0 Å². The van der Waals surface area contributed by atoms with Crippen LogP contribution in [-0.4, -0.2) is 72.3 Å². The van der Waals surface area contributed by atoms with Crippen LogP contribution in [0.4, 0.5) is 0 Å². The minimum absolute atomic E-state index is 0.140. The molecule has 3 aliphatic rings. The van der Waals surface area contributed by atoms with E-state index in [0.29, 0.717) is 18.4 Å². The monoisotopic (exact) mass is 433 g/mol. The SMILES string of the molecule is O=C(CN1CCN(C(=O)C2CC2c2cccc(Br)c2)CC1)N1CCCCC1. The average Bonchev–Trinajstić information content (AvgIpc) is 3.50. The van der Waals surface area contributed by atoms with Gasteiger partial charge in [-0.2, -0.15) is 0 Å². The Kier molecular flexibility index (Phi) is 5.83. The summed E-state index contributed by atoms with van der Waals surface area (Å²) in [5.74, 6) is 1.06. The lowest BCUT2D eigenvalue weighted by atomic mass is 10.1. The number of nitrogens with zero attached hydrogens (tertiary/aromatic N) is 3. The van der Waals surface area contributed by atoms with Gasteiger partial charge in [0.2, 0.25) is 11.8 Å². The number of halogens is 1. The van der Waals surface area contributed by atoms with Crippen LogP contribution in [-0.2, 0) is 9.59 Å². The van der Waals surface area contributed by atoms with Crippen molar-refractivity contribution in [2.45, 2.75) is 31.6 Å². The second-order valence-electron chi connectivity index (χ2n) is 8.05. The smallest absolute Gasteiger partial charge is 0.236 e. The van der Waals surface area contributed by atoms with Crippen molar-refractivity contribution in [3.05, 3.63) is 34.3 Å². The molecule has 2 unspecified atom stereocenters. The molecule has 1 aliphatic carbocycles. The molecule has 2 heterocycles. The van der Waals surface area contributed by atoms with Crippen LogP contribution in [0.1, 0.15) is 37.2 Å². The number of amides is 2. The fraction of sp³-hybridized carbons (Fsp3) is 0.619.